The third-order valence-electron chi connectivity index (χ3n) is 5.92. The molecule has 0 spiro atoms. The number of nitrogen functional groups attached to an aromatic ring is 1. The molecule has 0 aromatic heterocycles. The fraction of sp³-hybridized carbons (Fsp3) is 0.423. The van der Waals surface area contributed by atoms with Gasteiger partial charge >= 0.3 is 5.97 Å². The second-order valence-corrected chi connectivity index (χ2v) is 8.52. The molecule has 30 heavy (non-hydrogen) atoms. The molecule has 0 saturated heterocycles. The van der Waals surface area contributed by atoms with Crippen molar-refractivity contribution in [1.82, 2.24) is 0 Å². The van der Waals surface area contributed by atoms with Crippen LogP contribution < -0.4 is 5.73 Å². The molecule has 4 N–H and O–H groups in total. The Morgan fingerprint density at radius 3 is 2.30 bits per heavy atom. The summed E-state index contributed by atoms with van der Waals surface area (Å²) in [5.74, 6) is -1.48. The number of carboxylic acid groups (broad SMARTS) is 1. The molecule has 162 valence electrons. The van der Waals surface area contributed by atoms with E-state index in [-0.39, 0.29) is 16.7 Å². The summed E-state index contributed by atoms with van der Waals surface area (Å²) in [6.45, 7) is 6.21. The number of anilines is 1. The topological polar surface area (TPSA) is 83.5 Å². The van der Waals surface area contributed by atoms with Gasteiger partial charge in [0.05, 0.1) is 5.57 Å². The molecule has 2 aromatic rings. The predicted molar refractivity (Wildman–Crippen MR) is 124 cm³/mol. The van der Waals surface area contributed by atoms with E-state index in [1.165, 1.54) is 5.56 Å². The highest BCUT2D eigenvalue weighted by Gasteiger charge is 2.31. The smallest absolute Gasteiger partial charge is 0.335 e. The van der Waals surface area contributed by atoms with Crippen LogP contribution in [-0.4, -0.2) is 16.2 Å². The van der Waals surface area contributed by atoms with Crippen LogP contribution in [0.5, 0.6) is 0 Å². The Hall–Kier alpha value is -2.75. The number of benzene rings is 2. The average molecular weight is 410 g/mol. The fourth-order valence-electron chi connectivity index (χ4n) is 4.35. The average Bonchev–Trinajstić information content (AvgIpc) is 2.71. The summed E-state index contributed by atoms with van der Waals surface area (Å²) in [4.78, 5) is 12.2. The van der Waals surface area contributed by atoms with Crippen molar-refractivity contribution < 1.29 is 15.0 Å². The minimum absolute atomic E-state index is 0.0132. The maximum absolute atomic E-state index is 12.2. The Morgan fingerprint density at radius 1 is 1.03 bits per heavy atom. The van der Waals surface area contributed by atoms with Crippen molar-refractivity contribution in [2.24, 2.45) is 5.41 Å². The Balaban J connectivity index is 2.33. The standard InChI is InChI=1S/C26H35NO3/c1-4-15-26(3,16-14-19-10-7-6-8-11-19)18-23(28)24(25(29)30)22(5-2)20-12-9-13-21(27)17-20/h6-13,17,22,28H,4-5,14-16,18,27H2,1-3H3,(H,29,30)/b24-23+/t22-,26+/m1/s1. The van der Waals surface area contributed by atoms with Crippen molar-refractivity contribution in [3.8, 4) is 0 Å². The SMILES string of the molecule is CCC[C@@](C)(CCc1ccccc1)C/C(O)=C(\C(=O)O)[C@H](CC)c1cccc(N)c1. The van der Waals surface area contributed by atoms with Crippen LogP contribution in [0.4, 0.5) is 5.69 Å². The first-order valence-corrected chi connectivity index (χ1v) is 10.8. The summed E-state index contributed by atoms with van der Waals surface area (Å²) in [6, 6.07) is 17.6. The van der Waals surface area contributed by atoms with Crippen LogP contribution in [0.1, 0.15) is 69.9 Å². The second kappa shape index (κ2) is 10.9. The van der Waals surface area contributed by atoms with Gasteiger partial charge in [0.25, 0.3) is 0 Å². The van der Waals surface area contributed by atoms with Crippen molar-refractivity contribution >= 4 is 11.7 Å². The lowest BCUT2D eigenvalue weighted by atomic mass is 9.75. The van der Waals surface area contributed by atoms with Crippen LogP contribution in [0.15, 0.2) is 65.9 Å². The first-order chi connectivity index (χ1) is 14.3. The molecule has 0 heterocycles. The van der Waals surface area contributed by atoms with E-state index >= 15 is 0 Å². The Bertz CT molecular complexity index is 860. The summed E-state index contributed by atoms with van der Waals surface area (Å²) in [6.07, 6.45) is 4.62. The van der Waals surface area contributed by atoms with Crippen molar-refractivity contribution in [3.63, 3.8) is 0 Å². The van der Waals surface area contributed by atoms with Gasteiger partial charge in [-0.15, -0.1) is 0 Å². The number of carboxylic acids is 1. The van der Waals surface area contributed by atoms with Gasteiger partial charge < -0.3 is 15.9 Å². The van der Waals surface area contributed by atoms with Gasteiger partial charge in [0.1, 0.15) is 5.76 Å². The van der Waals surface area contributed by atoms with E-state index in [0.717, 1.165) is 31.2 Å². The number of hydrogen-bond acceptors (Lipinski definition) is 3. The summed E-state index contributed by atoms with van der Waals surface area (Å²) in [7, 11) is 0. The number of hydrogen-bond donors (Lipinski definition) is 3. The summed E-state index contributed by atoms with van der Waals surface area (Å²) in [5, 5.41) is 21.0. The zero-order valence-corrected chi connectivity index (χ0v) is 18.4. The van der Waals surface area contributed by atoms with Gasteiger partial charge in [0.15, 0.2) is 0 Å². The van der Waals surface area contributed by atoms with E-state index in [1.807, 2.05) is 37.3 Å². The van der Waals surface area contributed by atoms with Crippen LogP contribution >= 0.6 is 0 Å². The molecule has 0 unspecified atom stereocenters. The van der Waals surface area contributed by atoms with E-state index in [2.05, 4.69) is 26.0 Å². The van der Waals surface area contributed by atoms with Gasteiger partial charge in [0.2, 0.25) is 0 Å². The van der Waals surface area contributed by atoms with Gasteiger partial charge in [-0.05, 0) is 54.4 Å². The zero-order valence-electron chi connectivity index (χ0n) is 18.4. The largest absolute Gasteiger partial charge is 0.512 e. The van der Waals surface area contributed by atoms with Crippen LogP contribution in [0, 0.1) is 5.41 Å². The highest BCUT2D eigenvalue weighted by atomic mass is 16.4. The number of aliphatic carboxylic acids is 1. The highest BCUT2D eigenvalue weighted by molar-refractivity contribution is 5.89. The molecule has 0 bridgehead atoms. The predicted octanol–water partition coefficient (Wildman–Crippen LogP) is 6.49. The van der Waals surface area contributed by atoms with Crippen LogP contribution in [0.2, 0.25) is 0 Å². The molecule has 0 aliphatic rings. The Kier molecular flexibility index (Phi) is 8.52. The molecule has 0 aliphatic carbocycles. The third-order valence-corrected chi connectivity index (χ3v) is 5.92. The third kappa shape index (κ3) is 6.38. The number of nitrogens with two attached hydrogens (primary N) is 1. The second-order valence-electron chi connectivity index (χ2n) is 8.52. The molecule has 2 rings (SSSR count). The molecule has 4 heteroatoms. The molecule has 4 nitrogen and oxygen atoms in total. The molecule has 0 fully saturated rings. The van der Waals surface area contributed by atoms with E-state index in [0.29, 0.717) is 18.5 Å². The summed E-state index contributed by atoms with van der Waals surface area (Å²) < 4.78 is 0. The zero-order chi connectivity index (χ0) is 22.1. The summed E-state index contributed by atoms with van der Waals surface area (Å²) >= 11 is 0. The Labute approximate surface area is 180 Å². The minimum atomic E-state index is -1.07. The van der Waals surface area contributed by atoms with E-state index < -0.39 is 11.9 Å². The highest BCUT2D eigenvalue weighted by Crippen LogP contribution is 2.39. The van der Waals surface area contributed by atoms with Crippen LogP contribution in [0.25, 0.3) is 0 Å². The number of aliphatic hydroxyl groups is 1. The summed E-state index contributed by atoms with van der Waals surface area (Å²) in [5.41, 5.74) is 8.50. The van der Waals surface area contributed by atoms with E-state index in [4.69, 9.17) is 5.73 Å². The van der Waals surface area contributed by atoms with Crippen LogP contribution in [-0.2, 0) is 11.2 Å². The minimum Gasteiger partial charge on any atom is -0.512 e. The molecular formula is C26H35NO3. The van der Waals surface area contributed by atoms with Gasteiger partial charge in [-0.2, -0.15) is 0 Å². The normalized spacial score (nSPS) is 15.2. The van der Waals surface area contributed by atoms with E-state index in [9.17, 15) is 15.0 Å². The molecule has 0 amide bonds. The number of carbonyl (C=O) groups is 1. The first kappa shape index (κ1) is 23.5. The molecule has 2 atom stereocenters. The molecule has 2 aromatic carbocycles. The fourth-order valence-corrected chi connectivity index (χ4v) is 4.35. The van der Waals surface area contributed by atoms with Gasteiger partial charge in [-0.1, -0.05) is 69.7 Å². The monoisotopic (exact) mass is 409 g/mol. The van der Waals surface area contributed by atoms with Crippen molar-refractivity contribution in [2.75, 3.05) is 5.73 Å². The lowest BCUT2D eigenvalue weighted by Gasteiger charge is -2.30. The Morgan fingerprint density at radius 2 is 1.73 bits per heavy atom. The molecule has 0 radical (unpaired) electrons. The van der Waals surface area contributed by atoms with Gasteiger partial charge in [-0.3, -0.25) is 0 Å². The number of allylic oxidation sites excluding steroid dienone is 1. The number of aryl methyl sites for hydroxylation is 1. The lowest BCUT2D eigenvalue weighted by Crippen LogP contribution is -2.22. The van der Waals surface area contributed by atoms with Gasteiger partial charge in [-0.25, -0.2) is 4.79 Å². The molecule has 0 saturated carbocycles. The maximum Gasteiger partial charge on any atom is 0.335 e. The maximum atomic E-state index is 12.2. The van der Waals surface area contributed by atoms with Crippen molar-refractivity contribution in [1.29, 1.82) is 0 Å². The van der Waals surface area contributed by atoms with Crippen molar-refractivity contribution in [3.05, 3.63) is 77.1 Å². The van der Waals surface area contributed by atoms with Gasteiger partial charge in [0, 0.05) is 18.0 Å². The quantitative estimate of drug-likeness (QED) is 0.225. The first-order valence-electron chi connectivity index (χ1n) is 10.8. The van der Waals surface area contributed by atoms with Crippen LogP contribution in [0.3, 0.4) is 0 Å². The molecule has 0 aliphatic heterocycles. The number of rotatable bonds is 11. The number of aliphatic hydroxyl groups excluding tert-OH is 1. The molecular weight excluding hydrogens is 374 g/mol. The van der Waals surface area contributed by atoms with E-state index in [1.54, 1.807) is 12.1 Å². The lowest BCUT2D eigenvalue weighted by molar-refractivity contribution is -0.133. The van der Waals surface area contributed by atoms with Crippen molar-refractivity contribution in [2.45, 2.75) is 65.2 Å².